The van der Waals surface area contributed by atoms with Gasteiger partial charge in [0.2, 0.25) is 18.1 Å². The first-order valence-corrected chi connectivity index (χ1v) is 14.9. The fourth-order valence-electron chi connectivity index (χ4n) is 6.48. The summed E-state index contributed by atoms with van der Waals surface area (Å²) >= 11 is 0. The van der Waals surface area contributed by atoms with Crippen LogP contribution in [0.5, 0.6) is 5.75 Å². The number of amides is 3. The van der Waals surface area contributed by atoms with Crippen LogP contribution >= 0.6 is 0 Å². The molecule has 1 aromatic rings. The minimum Gasteiger partial charge on any atom is -0.507 e. The van der Waals surface area contributed by atoms with Gasteiger partial charge in [0.05, 0.1) is 12.5 Å². The summed E-state index contributed by atoms with van der Waals surface area (Å²) in [7, 11) is 0. The monoisotopic (exact) mass is 571 g/mol. The lowest BCUT2D eigenvalue weighted by molar-refractivity contribution is -0.191. The molecule has 3 fully saturated rings. The third-order valence-corrected chi connectivity index (χ3v) is 8.87. The summed E-state index contributed by atoms with van der Waals surface area (Å²) < 4.78 is 11.9. The van der Waals surface area contributed by atoms with Crippen LogP contribution in [0.4, 0.5) is 0 Å². The van der Waals surface area contributed by atoms with Gasteiger partial charge in [-0.3, -0.25) is 19.2 Å². The Bertz CT molecular complexity index is 1150. The maximum Gasteiger partial charge on any atom is 0.310 e. The smallest absolute Gasteiger partial charge is 0.310 e. The maximum absolute atomic E-state index is 13.4. The van der Waals surface area contributed by atoms with Crippen LogP contribution in [0.25, 0.3) is 0 Å². The molecule has 2 aliphatic heterocycles. The molecule has 0 aromatic heterocycles. The number of carbonyl (C=O) groups is 4. The minimum absolute atomic E-state index is 0.0175. The summed E-state index contributed by atoms with van der Waals surface area (Å²) in [5, 5.41) is 15.7. The molecule has 10 heteroatoms. The molecule has 1 saturated carbocycles. The molecule has 7 atom stereocenters. The maximum atomic E-state index is 13.4. The summed E-state index contributed by atoms with van der Waals surface area (Å²) in [4.78, 5) is 53.4. The first-order valence-electron chi connectivity index (χ1n) is 14.9. The molecular weight excluding hydrogens is 526 g/mol. The Morgan fingerprint density at radius 1 is 1.10 bits per heavy atom. The molecule has 41 heavy (non-hydrogen) atoms. The van der Waals surface area contributed by atoms with Crippen LogP contribution < -0.4 is 10.6 Å². The second kappa shape index (κ2) is 12.8. The number of nitrogens with zero attached hydrogens (tertiary/aromatic N) is 1. The molecule has 0 spiro atoms. The molecule has 2 heterocycles. The van der Waals surface area contributed by atoms with Crippen molar-refractivity contribution in [2.75, 3.05) is 6.54 Å². The van der Waals surface area contributed by atoms with Gasteiger partial charge in [-0.2, -0.15) is 0 Å². The first-order chi connectivity index (χ1) is 19.3. The second-order valence-corrected chi connectivity index (χ2v) is 12.5. The molecular formula is C31H45N3O7. The van der Waals surface area contributed by atoms with Gasteiger partial charge < -0.3 is 30.1 Å². The molecule has 3 amide bonds. The lowest BCUT2D eigenvalue weighted by atomic mass is 9.75. The van der Waals surface area contributed by atoms with E-state index in [1.54, 1.807) is 32.9 Å². The Kier molecular flexibility index (Phi) is 9.62. The van der Waals surface area contributed by atoms with Gasteiger partial charge in [-0.1, -0.05) is 27.2 Å². The lowest BCUT2D eigenvalue weighted by Gasteiger charge is -2.39. The Hall–Kier alpha value is -3.14. The lowest BCUT2D eigenvalue weighted by Crippen LogP contribution is -2.55. The molecule has 2 saturated heterocycles. The summed E-state index contributed by atoms with van der Waals surface area (Å²) in [6, 6.07) is 0.938. The van der Waals surface area contributed by atoms with Crippen molar-refractivity contribution in [2.45, 2.75) is 111 Å². The van der Waals surface area contributed by atoms with E-state index in [1.807, 2.05) is 0 Å². The van der Waals surface area contributed by atoms with Crippen molar-refractivity contribution < 1.29 is 33.8 Å². The van der Waals surface area contributed by atoms with Gasteiger partial charge in [0.1, 0.15) is 23.9 Å². The highest BCUT2D eigenvalue weighted by Crippen LogP contribution is 2.37. The minimum atomic E-state index is -0.862. The predicted molar refractivity (Wildman–Crippen MR) is 152 cm³/mol. The van der Waals surface area contributed by atoms with Crippen molar-refractivity contribution in [3.63, 3.8) is 0 Å². The first kappa shape index (κ1) is 30.8. The van der Waals surface area contributed by atoms with Gasteiger partial charge in [0, 0.05) is 12.1 Å². The normalized spacial score (nSPS) is 28.9. The van der Waals surface area contributed by atoms with Crippen LogP contribution in [0.3, 0.4) is 0 Å². The van der Waals surface area contributed by atoms with Gasteiger partial charge in [-0.05, 0) is 87.5 Å². The number of esters is 1. The zero-order chi connectivity index (χ0) is 30.0. The van der Waals surface area contributed by atoms with E-state index in [9.17, 15) is 24.3 Å². The number of aromatic hydroxyl groups is 1. The quantitative estimate of drug-likeness (QED) is 0.408. The molecule has 1 aromatic carbocycles. The zero-order valence-electron chi connectivity index (χ0n) is 25.1. The van der Waals surface area contributed by atoms with Crippen molar-refractivity contribution >= 4 is 23.7 Å². The summed E-state index contributed by atoms with van der Waals surface area (Å²) in [5.41, 5.74) is 1.48. The molecule has 226 valence electrons. The number of nitrogens with one attached hydrogen (secondary N) is 2. The number of hydrogen-bond donors (Lipinski definition) is 3. The van der Waals surface area contributed by atoms with Crippen LogP contribution in [-0.2, 0) is 23.9 Å². The van der Waals surface area contributed by atoms with Crippen molar-refractivity contribution in [1.29, 1.82) is 0 Å². The van der Waals surface area contributed by atoms with E-state index in [-0.39, 0.29) is 30.1 Å². The number of benzene rings is 1. The van der Waals surface area contributed by atoms with E-state index in [2.05, 4.69) is 31.4 Å². The topological polar surface area (TPSA) is 134 Å². The average molecular weight is 572 g/mol. The number of hydrogen-bond acceptors (Lipinski definition) is 7. The third-order valence-electron chi connectivity index (χ3n) is 8.87. The van der Waals surface area contributed by atoms with E-state index >= 15 is 0 Å². The summed E-state index contributed by atoms with van der Waals surface area (Å²) in [6.45, 7) is 12.0. The molecule has 4 unspecified atom stereocenters. The van der Waals surface area contributed by atoms with E-state index in [0.717, 1.165) is 19.3 Å². The number of carbonyl (C=O) groups excluding carboxylic acids is 4. The van der Waals surface area contributed by atoms with Crippen LogP contribution in [0.15, 0.2) is 12.1 Å². The number of ether oxygens (including phenoxy) is 2. The van der Waals surface area contributed by atoms with E-state index in [0.29, 0.717) is 53.8 Å². The van der Waals surface area contributed by atoms with Crippen LogP contribution in [0, 0.1) is 31.6 Å². The molecule has 0 radical (unpaired) electrons. The average Bonchev–Trinajstić information content (AvgIpc) is 3.52. The Morgan fingerprint density at radius 2 is 1.78 bits per heavy atom. The molecule has 4 rings (SSSR count). The molecule has 3 aliphatic rings. The molecule has 10 nitrogen and oxygen atoms in total. The van der Waals surface area contributed by atoms with Gasteiger partial charge in [0.25, 0.3) is 5.91 Å². The highest BCUT2D eigenvalue weighted by Gasteiger charge is 2.44. The second-order valence-electron chi connectivity index (χ2n) is 12.5. The number of aryl methyl sites for hydroxylation is 2. The van der Waals surface area contributed by atoms with Crippen molar-refractivity contribution in [3.05, 3.63) is 28.8 Å². The largest absolute Gasteiger partial charge is 0.507 e. The number of rotatable bonds is 8. The fraction of sp³-hybridized carbons (Fsp3) is 0.677. The predicted octanol–water partition coefficient (Wildman–Crippen LogP) is 3.35. The van der Waals surface area contributed by atoms with Crippen molar-refractivity contribution in [3.8, 4) is 5.75 Å². The van der Waals surface area contributed by atoms with Crippen LogP contribution in [-0.4, -0.2) is 70.8 Å². The Labute approximate surface area is 242 Å². The third kappa shape index (κ3) is 7.02. The highest BCUT2D eigenvalue weighted by atomic mass is 16.7. The van der Waals surface area contributed by atoms with E-state index < -0.39 is 36.3 Å². The molecule has 1 aliphatic carbocycles. The van der Waals surface area contributed by atoms with Gasteiger partial charge >= 0.3 is 5.97 Å². The zero-order valence-corrected chi connectivity index (χ0v) is 25.1. The standard InChI is InChI=1S/C31H45N3O7/c1-16(2)22-10-9-17(3)12-25(22)40-31-23(15-26(35)41-31)33-29(38)24-8-7-11-34(24)30(39)20(6)32-28(37)21-13-18(4)27(36)19(5)14-21/h13-14,16-17,20,22-25,31,36H,7-12,15H2,1-6H3,(H,32,37)(H,33,38)/t17-,20?,22+,23?,24?,25-,31?/m1/s1. The SMILES string of the molecule is Cc1cc(C(=O)NC(C)C(=O)N2CCCC2C(=O)NC2CC(=O)OC2O[C@@H]2C[C@H](C)CC[C@H]2C(C)C)cc(C)c1O. The summed E-state index contributed by atoms with van der Waals surface area (Å²) in [5.74, 6) is -0.124. The fourth-order valence-corrected chi connectivity index (χ4v) is 6.48. The number of cyclic esters (lactones) is 1. The van der Waals surface area contributed by atoms with Gasteiger partial charge in [-0.15, -0.1) is 0 Å². The molecule has 3 N–H and O–H groups in total. The molecule has 0 bridgehead atoms. The van der Waals surface area contributed by atoms with Crippen molar-refractivity contribution in [2.24, 2.45) is 17.8 Å². The van der Waals surface area contributed by atoms with E-state index in [4.69, 9.17) is 9.47 Å². The number of likely N-dealkylation sites (tertiary alicyclic amines) is 1. The Morgan fingerprint density at radius 3 is 2.44 bits per heavy atom. The van der Waals surface area contributed by atoms with Crippen LogP contribution in [0.1, 0.15) is 87.7 Å². The van der Waals surface area contributed by atoms with Crippen molar-refractivity contribution in [1.82, 2.24) is 15.5 Å². The van der Waals surface area contributed by atoms with Gasteiger partial charge in [0.15, 0.2) is 0 Å². The van der Waals surface area contributed by atoms with E-state index in [1.165, 1.54) is 4.90 Å². The Balaban J connectivity index is 1.38. The highest BCUT2D eigenvalue weighted by molar-refractivity contribution is 5.99. The number of phenolic OH excluding ortho intramolecular Hbond substituents is 1. The van der Waals surface area contributed by atoms with Gasteiger partial charge in [-0.25, -0.2) is 0 Å². The summed E-state index contributed by atoms with van der Waals surface area (Å²) in [6.07, 6.45) is 3.33. The van der Waals surface area contributed by atoms with Crippen LogP contribution in [0.2, 0.25) is 0 Å². The number of phenols is 1.